The summed E-state index contributed by atoms with van der Waals surface area (Å²) < 4.78 is 13.3. The summed E-state index contributed by atoms with van der Waals surface area (Å²) in [4.78, 5) is 0. The van der Waals surface area contributed by atoms with E-state index in [1.54, 1.807) is 18.2 Å². The Morgan fingerprint density at radius 1 is 1.36 bits per heavy atom. The molecule has 3 heteroatoms. The first kappa shape index (κ1) is 11.7. The molecule has 0 aliphatic carbocycles. The molecule has 0 bridgehead atoms. The summed E-state index contributed by atoms with van der Waals surface area (Å²) in [5.74, 6) is -0.308. The second-order valence-electron chi connectivity index (χ2n) is 2.87. The van der Waals surface area contributed by atoms with E-state index in [0.717, 1.165) is 11.8 Å². The van der Waals surface area contributed by atoms with Crippen LogP contribution in [0.1, 0.15) is 12.0 Å². The number of hydrogen-bond donors (Lipinski definition) is 0. The standard InChI is InChI=1S/C11H11BrClF/c12-8-3-1-2-5-9-6-4-7-10(13)11(9)14/h1-2,4,6-7H,3,5,8H2/b2-1+. The molecule has 0 N–H and O–H groups in total. The third kappa shape index (κ3) is 3.43. The summed E-state index contributed by atoms with van der Waals surface area (Å²) in [6.07, 6.45) is 5.53. The maximum atomic E-state index is 13.3. The molecule has 0 atom stereocenters. The van der Waals surface area contributed by atoms with Crippen molar-refractivity contribution >= 4 is 27.5 Å². The van der Waals surface area contributed by atoms with Crippen LogP contribution in [0.3, 0.4) is 0 Å². The highest BCUT2D eigenvalue weighted by atomic mass is 79.9. The van der Waals surface area contributed by atoms with Crippen molar-refractivity contribution in [3.8, 4) is 0 Å². The molecule has 0 amide bonds. The Hall–Kier alpha value is -0.340. The van der Waals surface area contributed by atoms with Crippen LogP contribution in [0.4, 0.5) is 4.39 Å². The highest BCUT2D eigenvalue weighted by Crippen LogP contribution is 2.18. The zero-order valence-electron chi connectivity index (χ0n) is 7.64. The van der Waals surface area contributed by atoms with E-state index >= 15 is 0 Å². The SMILES string of the molecule is Fc1c(Cl)cccc1C/C=C/CCBr. The maximum absolute atomic E-state index is 13.3. The number of rotatable bonds is 4. The molecule has 14 heavy (non-hydrogen) atoms. The first-order valence-corrected chi connectivity index (χ1v) is 5.89. The number of hydrogen-bond acceptors (Lipinski definition) is 0. The van der Waals surface area contributed by atoms with Gasteiger partial charge in [0, 0.05) is 5.33 Å². The van der Waals surface area contributed by atoms with Gasteiger partial charge < -0.3 is 0 Å². The van der Waals surface area contributed by atoms with Crippen LogP contribution < -0.4 is 0 Å². The van der Waals surface area contributed by atoms with E-state index in [1.807, 2.05) is 12.2 Å². The topological polar surface area (TPSA) is 0 Å². The fraction of sp³-hybridized carbons (Fsp3) is 0.273. The second-order valence-corrected chi connectivity index (χ2v) is 4.07. The van der Waals surface area contributed by atoms with Crippen molar-refractivity contribution in [3.05, 3.63) is 46.8 Å². The Morgan fingerprint density at radius 2 is 2.14 bits per heavy atom. The molecule has 0 nitrogen and oxygen atoms in total. The summed E-state index contributed by atoms with van der Waals surface area (Å²) >= 11 is 8.96. The average Bonchev–Trinajstić information content (AvgIpc) is 2.19. The first-order chi connectivity index (χ1) is 6.75. The average molecular weight is 278 g/mol. The molecule has 0 fully saturated rings. The summed E-state index contributed by atoms with van der Waals surface area (Å²) in [5, 5.41) is 1.12. The van der Waals surface area contributed by atoms with Gasteiger partial charge in [-0.3, -0.25) is 0 Å². The van der Waals surface area contributed by atoms with E-state index in [-0.39, 0.29) is 10.8 Å². The van der Waals surface area contributed by atoms with Gasteiger partial charge >= 0.3 is 0 Å². The van der Waals surface area contributed by atoms with Crippen molar-refractivity contribution in [3.63, 3.8) is 0 Å². The highest BCUT2D eigenvalue weighted by Gasteiger charge is 2.03. The van der Waals surface area contributed by atoms with Gasteiger partial charge in [-0.2, -0.15) is 0 Å². The Balaban J connectivity index is 2.63. The van der Waals surface area contributed by atoms with E-state index in [4.69, 9.17) is 11.6 Å². The van der Waals surface area contributed by atoms with Gasteiger partial charge in [-0.05, 0) is 24.5 Å². The maximum Gasteiger partial charge on any atom is 0.145 e. The minimum Gasteiger partial charge on any atom is -0.205 e. The van der Waals surface area contributed by atoms with Gasteiger partial charge in [-0.1, -0.05) is 51.8 Å². The monoisotopic (exact) mass is 276 g/mol. The van der Waals surface area contributed by atoms with Crippen molar-refractivity contribution in [1.82, 2.24) is 0 Å². The predicted octanol–water partition coefficient (Wildman–Crippen LogP) is 4.36. The number of alkyl halides is 1. The van der Waals surface area contributed by atoms with Crippen molar-refractivity contribution < 1.29 is 4.39 Å². The smallest absolute Gasteiger partial charge is 0.145 e. The molecule has 76 valence electrons. The molecule has 0 aliphatic rings. The van der Waals surface area contributed by atoms with Gasteiger partial charge in [0.25, 0.3) is 0 Å². The van der Waals surface area contributed by atoms with E-state index < -0.39 is 0 Å². The first-order valence-electron chi connectivity index (χ1n) is 4.39. The second kappa shape index (κ2) is 6.20. The van der Waals surface area contributed by atoms with Crippen molar-refractivity contribution in [1.29, 1.82) is 0 Å². The number of allylic oxidation sites excluding steroid dienone is 2. The fourth-order valence-electron chi connectivity index (χ4n) is 1.10. The van der Waals surface area contributed by atoms with Crippen LogP contribution in [0, 0.1) is 5.82 Å². The van der Waals surface area contributed by atoms with Crippen LogP contribution in [-0.2, 0) is 6.42 Å². The van der Waals surface area contributed by atoms with Crippen LogP contribution in [0.15, 0.2) is 30.4 Å². The van der Waals surface area contributed by atoms with E-state index in [9.17, 15) is 4.39 Å². The Labute approximate surface area is 96.9 Å². The van der Waals surface area contributed by atoms with Crippen LogP contribution in [0.25, 0.3) is 0 Å². The lowest BCUT2D eigenvalue weighted by Crippen LogP contribution is -1.88. The molecule has 1 aromatic rings. The summed E-state index contributed by atoms with van der Waals surface area (Å²) in [5.41, 5.74) is 0.642. The number of benzene rings is 1. The van der Waals surface area contributed by atoms with Crippen LogP contribution in [-0.4, -0.2) is 5.33 Å². The molecule has 0 spiro atoms. The van der Waals surface area contributed by atoms with Gasteiger partial charge in [-0.25, -0.2) is 4.39 Å². The Kier molecular flexibility index (Phi) is 5.20. The summed E-state index contributed by atoms with van der Waals surface area (Å²) in [7, 11) is 0. The molecule has 0 heterocycles. The Bertz CT molecular complexity index is 323. The molecule has 0 aliphatic heterocycles. The molecule has 1 aromatic carbocycles. The zero-order valence-corrected chi connectivity index (χ0v) is 9.98. The third-order valence-corrected chi connectivity index (χ3v) is 2.56. The van der Waals surface area contributed by atoms with Crippen LogP contribution in [0.5, 0.6) is 0 Å². The summed E-state index contributed by atoms with van der Waals surface area (Å²) in [6.45, 7) is 0. The lowest BCUT2D eigenvalue weighted by Gasteiger charge is -2.00. The Morgan fingerprint density at radius 3 is 2.86 bits per heavy atom. The van der Waals surface area contributed by atoms with Gasteiger partial charge in [0.2, 0.25) is 0 Å². The van der Waals surface area contributed by atoms with Gasteiger partial charge in [0.15, 0.2) is 0 Å². The van der Waals surface area contributed by atoms with Crippen LogP contribution >= 0.6 is 27.5 Å². The van der Waals surface area contributed by atoms with E-state index in [0.29, 0.717) is 12.0 Å². The molecule has 1 rings (SSSR count). The number of halogens is 3. The molecular formula is C11H11BrClF. The fourth-order valence-corrected chi connectivity index (χ4v) is 1.56. The molecule has 0 saturated heterocycles. The van der Waals surface area contributed by atoms with Gasteiger partial charge in [0.1, 0.15) is 5.82 Å². The molecule has 0 aromatic heterocycles. The molecule has 0 saturated carbocycles. The van der Waals surface area contributed by atoms with Gasteiger partial charge in [-0.15, -0.1) is 0 Å². The zero-order chi connectivity index (χ0) is 10.4. The normalized spacial score (nSPS) is 11.1. The minimum atomic E-state index is -0.308. The lowest BCUT2D eigenvalue weighted by atomic mass is 10.1. The van der Waals surface area contributed by atoms with Crippen molar-refractivity contribution in [2.45, 2.75) is 12.8 Å². The van der Waals surface area contributed by atoms with E-state index in [2.05, 4.69) is 15.9 Å². The highest BCUT2D eigenvalue weighted by molar-refractivity contribution is 9.09. The molecular weight excluding hydrogens is 266 g/mol. The van der Waals surface area contributed by atoms with Crippen molar-refractivity contribution in [2.75, 3.05) is 5.33 Å². The van der Waals surface area contributed by atoms with Gasteiger partial charge in [0.05, 0.1) is 5.02 Å². The predicted molar refractivity (Wildman–Crippen MR) is 62.7 cm³/mol. The minimum absolute atomic E-state index is 0.191. The summed E-state index contributed by atoms with van der Waals surface area (Å²) in [6, 6.07) is 5.07. The van der Waals surface area contributed by atoms with Crippen molar-refractivity contribution in [2.24, 2.45) is 0 Å². The third-order valence-electron chi connectivity index (χ3n) is 1.81. The quantitative estimate of drug-likeness (QED) is 0.566. The largest absolute Gasteiger partial charge is 0.205 e. The molecule has 0 unspecified atom stereocenters. The lowest BCUT2D eigenvalue weighted by molar-refractivity contribution is 0.615. The molecule has 0 radical (unpaired) electrons. The van der Waals surface area contributed by atoms with E-state index in [1.165, 1.54) is 0 Å². The van der Waals surface area contributed by atoms with Crippen LogP contribution in [0.2, 0.25) is 5.02 Å².